The van der Waals surface area contributed by atoms with Gasteiger partial charge in [0.2, 0.25) is 5.91 Å². The molecule has 32 heavy (non-hydrogen) atoms. The van der Waals surface area contributed by atoms with Crippen LogP contribution in [0.25, 0.3) is 0 Å². The van der Waals surface area contributed by atoms with Crippen LogP contribution in [0, 0.1) is 5.92 Å². The van der Waals surface area contributed by atoms with E-state index in [4.69, 9.17) is 9.15 Å². The molecule has 7 nitrogen and oxygen atoms in total. The second kappa shape index (κ2) is 9.96. The normalized spacial score (nSPS) is 13.5. The van der Waals surface area contributed by atoms with Crippen LogP contribution in [0.4, 0.5) is 5.69 Å². The lowest BCUT2D eigenvalue weighted by atomic mass is 10.1. The van der Waals surface area contributed by atoms with Crippen molar-refractivity contribution in [3.05, 3.63) is 83.8 Å². The molecule has 1 fully saturated rings. The van der Waals surface area contributed by atoms with Crippen molar-refractivity contribution in [1.29, 1.82) is 0 Å². The maximum Gasteiger partial charge on any atom is 0.343 e. The molecule has 2 N–H and O–H groups in total. The van der Waals surface area contributed by atoms with Crippen LogP contribution < -0.4 is 15.4 Å². The van der Waals surface area contributed by atoms with Crippen LogP contribution in [0.5, 0.6) is 5.75 Å². The fourth-order valence-corrected chi connectivity index (χ4v) is 3.68. The van der Waals surface area contributed by atoms with Gasteiger partial charge in [-0.3, -0.25) is 9.59 Å². The zero-order valence-electron chi connectivity index (χ0n) is 17.5. The molecule has 2 amide bonds. The Morgan fingerprint density at radius 1 is 0.969 bits per heavy atom. The van der Waals surface area contributed by atoms with E-state index in [1.54, 1.807) is 60.7 Å². The first-order chi connectivity index (χ1) is 15.6. The van der Waals surface area contributed by atoms with Gasteiger partial charge in [0.05, 0.1) is 11.8 Å². The highest BCUT2D eigenvalue weighted by molar-refractivity contribution is 6.02. The van der Waals surface area contributed by atoms with Gasteiger partial charge < -0.3 is 19.8 Å². The molecule has 3 aromatic rings. The number of carbonyl (C=O) groups excluding carboxylic acids is 3. The molecule has 164 valence electrons. The molecule has 0 atom stereocenters. The highest BCUT2D eigenvalue weighted by Crippen LogP contribution is 2.25. The van der Waals surface area contributed by atoms with Crippen molar-refractivity contribution in [3.63, 3.8) is 0 Å². The Hall–Kier alpha value is -3.87. The number of nitrogens with one attached hydrogen (secondary N) is 2. The summed E-state index contributed by atoms with van der Waals surface area (Å²) in [7, 11) is 0. The lowest BCUT2D eigenvalue weighted by Crippen LogP contribution is -2.28. The number of benzene rings is 2. The van der Waals surface area contributed by atoms with E-state index in [0.29, 0.717) is 23.5 Å². The molecule has 1 heterocycles. The SMILES string of the molecule is O=C(Oc1cccc(NC(=O)c2ccco2)c1)c1ccc(CNC(=O)C2CCCC2)cc1. The number of rotatable bonds is 7. The number of anilines is 1. The molecule has 2 aromatic carbocycles. The minimum atomic E-state index is -0.513. The van der Waals surface area contributed by atoms with E-state index >= 15 is 0 Å². The number of carbonyl (C=O) groups is 3. The van der Waals surface area contributed by atoms with Crippen LogP contribution >= 0.6 is 0 Å². The maximum atomic E-state index is 12.5. The lowest BCUT2D eigenvalue weighted by Gasteiger charge is -2.11. The highest BCUT2D eigenvalue weighted by atomic mass is 16.5. The van der Waals surface area contributed by atoms with Crippen LogP contribution in [0.2, 0.25) is 0 Å². The van der Waals surface area contributed by atoms with Crippen LogP contribution in [-0.4, -0.2) is 17.8 Å². The van der Waals surface area contributed by atoms with Gasteiger partial charge in [0.1, 0.15) is 5.75 Å². The Labute approximate surface area is 185 Å². The molecule has 4 rings (SSSR count). The van der Waals surface area contributed by atoms with Gasteiger partial charge in [0, 0.05) is 24.2 Å². The Kier molecular flexibility index (Phi) is 6.65. The van der Waals surface area contributed by atoms with Gasteiger partial charge in [-0.1, -0.05) is 31.0 Å². The van der Waals surface area contributed by atoms with Crippen LogP contribution in [0.1, 0.15) is 52.2 Å². The molecule has 1 aromatic heterocycles. The first-order valence-corrected chi connectivity index (χ1v) is 10.6. The predicted octanol–water partition coefficient (Wildman–Crippen LogP) is 4.56. The zero-order chi connectivity index (χ0) is 22.3. The Bertz CT molecular complexity index is 1080. The summed E-state index contributed by atoms with van der Waals surface area (Å²) in [6.07, 6.45) is 5.58. The van der Waals surface area contributed by atoms with Gasteiger partial charge >= 0.3 is 5.97 Å². The smallest absolute Gasteiger partial charge is 0.343 e. The molecule has 0 aliphatic heterocycles. The fourth-order valence-electron chi connectivity index (χ4n) is 3.68. The molecule has 0 spiro atoms. The molecule has 0 bridgehead atoms. The maximum absolute atomic E-state index is 12.5. The van der Waals surface area contributed by atoms with Gasteiger partial charge in [0.15, 0.2) is 5.76 Å². The van der Waals surface area contributed by atoms with Crippen molar-refractivity contribution >= 4 is 23.5 Å². The topological polar surface area (TPSA) is 97.6 Å². The summed E-state index contributed by atoms with van der Waals surface area (Å²) >= 11 is 0. The van der Waals surface area contributed by atoms with Crippen LogP contribution in [0.3, 0.4) is 0 Å². The first-order valence-electron chi connectivity index (χ1n) is 10.6. The van der Waals surface area contributed by atoms with Crippen molar-refractivity contribution < 1.29 is 23.5 Å². The van der Waals surface area contributed by atoms with Crippen LogP contribution in [0.15, 0.2) is 71.3 Å². The molecule has 0 radical (unpaired) electrons. The second-order valence-electron chi connectivity index (χ2n) is 7.74. The van der Waals surface area contributed by atoms with Gasteiger partial charge in [-0.05, 0) is 54.8 Å². The summed E-state index contributed by atoms with van der Waals surface area (Å²) in [5, 5.41) is 5.65. The number of esters is 1. The van der Waals surface area contributed by atoms with E-state index in [0.717, 1.165) is 31.2 Å². The first kappa shape index (κ1) is 21.4. The third-order valence-electron chi connectivity index (χ3n) is 5.43. The lowest BCUT2D eigenvalue weighted by molar-refractivity contribution is -0.124. The number of furan rings is 1. The van der Waals surface area contributed by atoms with Crippen LogP contribution in [-0.2, 0) is 11.3 Å². The Morgan fingerprint density at radius 2 is 1.75 bits per heavy atom. The van der Waals surface area contributed by atoms with Gasteiger partial charge in [0.25, 0.3) is 5.91 Å². The molecular formula is C25H24N2O5. The highest BCUT2D eigenvalue weighted by Gasteiger charge is 2.22. The monoisotopic (exact) mass is 432 g/mol. The number of ether oxygens (including phenoxy) is 1. The third kappa shape index (κ3) is 5.43. The average molecular weight is 432 g/mol. The van der Waals surface area contributed by atoms with E-state index in [9.17, 15) is 14.4 Å². The van der Waals surface area contributed by atoms with Gasteiger partial charge in [-0.2, -0.15) is 0 Å². The summed E-state index contributed by atoms with van der Waals surface area (Å²) < 4.78 is 10.5. The van der Waals surface area contributed by atoms with E-state index in [1.165, 1.54) is 6.26 Å². The molecule has 1 aliphatic rings. The second-order valence-corrected chi connectivity index (χ2v) is 7.74. The summed E-state index contributed by atoms with van der Waals surface area (Å²) in [5.74, 6) is -0.184. The molecule has 0 unspecified atom stereocenters. The number of hydrogen-bond donors (Lipinski definition) is 2. The zero-order valence-corrected chi connectivity index (χ0v) is 17.5. The quantitative estimate of drug-likeness (QED) is 0.421. The van der Waals surface area contributed by atoms with Crippen molar-refractivity contribution in [3.8, 4) is 5.75 Å². The third-order valence-corrected chi connectivity index (χ3v) is 5.43. The van der Waals surface area contributed by atoms with Crippen molar-refractivity contribution in [2.45, 2.75) is 32.2 Å². The van der Waals surface area contributed by atoms with E-state index in [2.05, 4.69) is 10.6 Å². The predicted molar refractivity (Wildman–Crippen MR) is 118 cm³/mol. The molecule has 0 saturated heterocycles. The molecule has 7 heteroatoms. The van der Waals surface area contributed by atoms with E-state index < -0.39 is 11.9 Å². The van der Waals surface area contributed by atoms with E-state index in [1.807, 2.05) is 0 Å². The minimum absolute atomic E-state index is 0.102. The Morgan fingerprint density at radius 3 is 2.47 bits per heavy atom. The Balaban J connectivity index is 1.31. The van der Waals surface area contributed by atoms with Crippen molar-refractivity contribution in [1.82, 2.24) is 5.32 Å². The van der Waals surface area contributed by atoms with Gasteiger partial charge in [-0.25, -0.2) is 4.79 Å². The number of amides is 2. The average Bonchev–Trinajstić information content (AvgIpc) is 3.53. The largest absolute Gasteiger partial charge is 0.459 e. The molecule has 1 aliphatic carbocycles. The van der Waals surface area contributed by atoms with Gasteiger partial charge in [-0.15, -0.1) is 0 Å². The van der Waals surface area contributed by atoms with E-state index in [-0.39, 0.29) is 17.6 Å². The summed E-state index contributed by atoms with van der Waals surface area (Å²) in [5.41, 5.74) is 1.78. The standard InChI is InChI=1S/C25H24N2O5/c28-23(18-5-1-2-6-18)26-16-17-10-12-19(13-11-17)25(30)32-21-8-3-7-20(15-21)27-24(29)22-9-4-14-31-22/h3-4,7-15,18H,1-2,5-6,16H2,(H,26,28)(H,27,29). The summed E-state index contributed by atoms with van der Waals surface area (Å²) in [6, 6.07) is 16.7. The summed E-state index contributed by atoms with van der Waals surface area (Å²) in [4.78, 5) is 36.7. The number of hydrogen-bond acceptors (Lipinski definition) is 5. The minimum Gasteiger partial charge on any atom is -0.459 e. The summed E-state index contributed by atoms with van der Waals surface area (Å²) in [6.45, 7) is 0.433. The fraction of sp³-hybridized carbons (Fsp3) is 0.240. The molecular weight excluding hydrogens is 408 g/mol. The van der Waals surface area contributed by atoms with Crippen molar-refractivity contribution in [2.24, 2.45) is 5.92 Å². The van der Waals surface area contributed by atoms with Crippen molar-refractivity contribution in [2.75, 3.05) is 5.32 Å². The molecule has 1 saturated carbocycles.